The van der Waals surface area contributed by atoms with Crippen LogP contribution in [0.2, 0.25) is 0 Å². The molecule has 1 aromatic rings. The Bertz CT molecular complexity index is 464. The Morgan fingerprint density at radius 1 is 1.19 bits per heavy atom. The van der Waals surface area contributed by atoms with Crippen LogP contribution in [0.1, 0.15) is 32.3 Å². The first-order valence-electron chi connectivity index (χ1n) is 5.34. The average molecular weight is 285 g/mol. The average Bonchev–Trinajstić information content (AvgIpc) is 2.80. The van der Waals surface area contributed by atoms with Gasteiger partial charge in [-0.2, -0.15) is 0 Å². The summed E-state index contributed by atoms with van der Waals surface area (Å²) < 4.78 is 12.2. The van der Waals surface area contributed by atoms with E-state index < -0.39 is 11.4 Å². The van der Waals surface area contributed by atoms with Gasteiger partial charge in [0.05, 0.1) is 5.60 Å². The summed E-state index contributed by atoms with van der Waals surface area (Å²) in [5, 5.41) is 10.1. The van der Waals surface area contributed by atoms with E-state index >= 15 is 0 Å². The molecule has 1 N–H and O–H groups in total. The zero-order valence-electron chi connectivity index (χ0n) is 9.21. The summed E-state index contributed by atoms with van der Waals surface area (Å²) in [6.07, 6.45) is 1.63. The fourth-order valence-electron chi connectivity index (χ4n) is 1.99. The van der Waals surface area contributed by atoms with Crippen molar-refractivity contribution in [2.45, 2.75) is 38.1 Å². The van der Waals surface area contributed by atoms with Gasteiger partial charge in [0.1, 0.15) is 0 Å². The van der Waals surface area contributed by atoms with E-state index in [0.29, 0.717) is 5.75 Å². The van der Waals surface area contributed by atoms with Crippen LogP contribution < -0.4 is 9.47 Å². The highest BCUT2D eigenvalue weighted by molar-refractivity contribution is 9.10. The molecule has 0 bridgehead atoms. The van der Waals surface area contributed by atoms with E-state index in [1.807, 2.05) is 26.0 Å². The van der Waals surface area contributed by atoms with E-state index in [4.69, 9.17) is 9.47 Å². The molecule has 0 saturated heterocycles. The topological polar surface area (TPSA) is 38.7 Å². The van der Waals surface area contributed by atoms with Crippen LogP contribution in [0, 0.1) is 0 Å². The lowest BCUT2D eigenvalue weighted by atomic mass is 10.1. The highest BCUT2D eigenvalue weighted by Gasteiger charge is 2.45. The third-order valence-electron chi connectivity index (χ3n) is 2.97. The molecule has 4 heteroatoms. The van der Waals surface area contributed by atoms with Gasteiger partial charge in [-0.15, -0.1) is 0 Å². The lowest BCUT2D eigenvalue weighted by Crippen LogP contribution is -2.29. The number of halogens is 1. The number of hydrogen-bond donors (Lipinski definition) is 1. The Morgan fingerprint density at radius 2 is 1.75 bits per heavy atom. The van der Waals surface area contributed by atoms with Crippen molar-refractivity contribution in [2.75, 3.05) is 0 Å². The maximum Gasteiger partial charge on any atom is 0.246 e. The van der Waals surface area contributed by atoms with Crippen molar-refractivity contribution in [1.82, 2.24) is 0 Å². The summed E-state index contributed by atoms with van der Waals surface area (Å²) in [4.78, 5) is 0. The van der Waals surface area contributed by atoms with Crippen LogP contribution in [0.3, 0.4) is 0 Å². The minimum atomic E-state index is -0.663. The standard InChI is InChI=1S/C12H13BrO3/c1-11(2)15-9-5-7(12(14)3-4-12)8(13)6-10(9)16-11/h5-6,14H,3-4H2,1-2H3. The highest BCUT2D eigenvalue weighted by Crippen LogP contribution is 2.52. The largest absolute Gasteiger partial charge is 0.449 e. The minimum absolute atomic E-state index is 0.618. The summed E-state index contributed by atoms with van der Waals surface area (Å²) in [6.45, 7) is 3.73. The Labute approximate surface area is 102 Å². The second kappa shape index (κ2) is 2.93. The van der Waals surface area contributed by atoms with Crippen LogP contribution in [-0.2, 0) is 5.60 Å². The number of benzene rings is 1. The summed E-state index contributed by atoms with van der Waals surface area (Å²) in [5.41, 5.74) is 0.233. The van der Waals surface area contributed by atoms with Gasteiger partial charge >= 0.3 is 0 Å². The van der Waals surface area contributed by atoms with Gasteiger partial charge in [0.25, 0.3) is 0 Å². The summed E-state index contributed by atoms with van der Waals surface area (Å²) in [6, 6.07) is 3.75. The minimum Gasteiger partial charge on any atom is -0.449 e. The zero-order chi connectivity index (χ0) is 11.6. The van der Waals surface area contributed by atoms with Crippen LogP contribution in [0.15, 0.2) is 16.6 Å². The number of ether oxygens (including phenoxy) is 2. The van der Waals surface area contributed by atoms with Crippen LogP contribution in [0.4, 0.5) is 0 Å². The molecule has 1 aliphatic heterocycles. The maximum absolute atomic E-state index is 10.1. The molecule has 0 atom stereocenters. The van der Waals surface area contributed by atoms with Crippen LogP contribution in [0.5, 0.6) is 11.5 Å². The quantitative estimate of drug-likeness (QED) is 0.862. The van der Waals surface area contributed by atoms with Gasteiger partial charge in [0.15, 0.2) is 11.5 Å². The molecule has 3 rings (SSSR count). The Kier molecular flexibility index (Phi) is 1.91. The van der Waals surface area contributed by atoms with Crippen molar-refractivity contribution in [3.63, 3.8) is 0 Å². The summed E-state index contributed by atoms with van der Waals surface area (Å²) in [5.74, 6) is 0.820. The van der Waals surface area contributed by atoms with Gasteiger partial charge < -0.3 is 14.6 Å². The molecule has 0 unspecified atom stereocenters. The van der Waals surface area contributed by atoms with E-state index in [0.717, 1.165) is 28.6 Å². The molecule has 3 nitrogen and oxygen atoms in total. The fourth-order valence-corrected chi connectivity index (χ4v) is 2.68. The van der Waals surface area contributed by atoms with Gasteiger partial charge in [-0.3, -0.25) is 0 Å². The van der Waals surface area contributed by atoms with E-state index in [-0.39, 0.29) is 0 Å². The van der Waals surface area contributed by atoms with Crippen molar-refractivity contribution in [1.29, 1.82) is 0 Å². The molecule has 86 valence electrons. The van der Waals surface area contributed by atoms with E-state index in [9.17, 15) is 5.11 Å². The highest BCUT2D eigenvalue weighted by atomic mass is 79.9. The Morgan fingerprint density at radius 3 is 2.31 bits per heavy atom. The maximum atomic E-state index is 10.1. The van der Waals surface area contributed by atoms with Gasteiger partial charge in [-0.25, -0.2) is 0 Å². The van der Waals surface area contributed by atoms with Crippen molar-refractivity contribution >= 4 is 15.9 Å². The molecule has 1 fully saturated rings. The Balaban J connectivity index is 2.07. The molecular weight excluding hydrogens is 272 g/mol. The number of fused-ring (bicyclic) bond motifs is 1. The molecule has 1 aromatic carbocycles. The van der Waals surface area contributed by atoms with Crippen LogP contribution in [0.25, 0.3) is 0 Å². The molecule has 1 heterocycles. The van der Waals surface area contributed by atoms with E-state index in [1.54, 1.807) is 0 Å². The molecule has 0 radical (unpaired) electrons. The second-order valence-corrected chi connectivity index (χ2v) is 5.77. The number of hydrogen-bond acceptors (Lipinski definition) is 3. The molecule has 1 saturated carbocycles. The summed E-state index contributed by atoms with van der Waals surface area (Å²) >= 11 is 3.47. The molecule has 1 aliphatic carbocycles. The normalized spacial score (nSPS) is 23.2. The monoisotopic (exact) mass is 284 g/mol. The van der Waals surface area contributed by atoms with Gasteiger partial charge in [-0.1, -0.05) is 15.9 Å². The zero-order valence-corrected chi connectivity index (χ0v) is 10.8. The fraction of sp³-hybridized carbons (Fsp3) is 0.500. The summed E-state index contributed by atoms with van der Waals surface area (Å²) in [7, 11) is 0. The lowest BCUT2D eigenvalue weighted by Gasteiger charge is -2.16. The Hall–Kier alpha value is -0.740. The molecule has 2 aliphatic rings. The van der Waals surface area contributed by atoms with Crippen molar-refractivity contribution in [3.05, 3.63) is 22.2 Å². The first-order valence-corrected chi connectivity index (χ1v) is 6.13. The van der Waals surface area contributed by atoms with E-state index in [1.165, 1.54) is 0 Å². The third kappa shape index (κ3) is 1.52. The van der Waals surface area contributed by atoms with Gasteiger partial charge in [-0.05, 0) is 25.0 Å². The molecular formula is C12H13BrO3. The van der Waals surface area contributed by atoms with Gasteiger partial charge in [0, 0.05) is 23.9 Å². The van der Waals surface area contributed by atoms with Crippen LogP contribution >= 0.6 is 15.9 Å². The third-order valence-corrected chi connectivity index (χ3v) is 3.63. The molecule has 16 heavy (non-hydrogen) atoms. The number of rotatable bonds is 1. The smallest absolute Gasteiger partial charge is 0.246 e. The molecule has 0 aromatic heterocycles. The molecule has 0 amide bonds. The predicted octanol–water partition coefficient (Wildman–Crippen LogP) is 2.94. The van der Waals surface area contributed by atoms with E-state index in [2.05, 4.69) is 15.9 Å². The number of aliphatic hydroxyl groups is 1. The first-order chi connectivity index (χ1) is 7.40. The molecule has 0 spiro atoms. The van der Waals surface area contributed by atoms with Crippen molar-refractivity contribution < 1.29 is 14.6 Å². The predicted molar refractivity (Wildman–Crippen MR) is 62.6 cm³/mol. The van der Waals surface area contributed by atoms with Gasteiger partial charge in [0.2, 0.25) is 5.79 Å². The first kappa shape index (κ1) is 10.4. The second-order valence-electron chi connectivity index (χ2n) is 4.91. The van der Waals surface area contributed by atoms with Crippen molar-refractivity contribution in [2.24, 2.45) is 0 Å². The van der Waals surface area contributed by atoms with Crippen LogP contribution in [-0.4, -0.2) is 10.9 Å². The van der Waals surface area contributed by atoms with Crippen molar-refractivity contribution in [3.8, 4) is 11.5 Å². The lowest BCUT2D eigenvalue weighted by molar-refractivity contribution is -0.0432. The SMILES string of the molecule is CC1(C)Oc2cc(Br)c(C3(O)CC3)cc2O1.